The quantitative estimate of drug-likeness (QED) is 0.0482. The number of hydrogen-bond donors (Lipinski definition) is 2. The van der Waals surface area contributed by atoms with Gasteiger partial charge >= 0.3 is 6.09 Å². The predicted octanol–water partition coefficient (Wildman–Crippen LogP) is 13.6. The molecule has 0 aliphatic heterocycles. The molecule has 0 aliphatic carbocycles. The van der Waals surface area contributed by atoms with Gasteiger partial charge in [-0.1, -0.05) is 167 Å². The number of alkyl carbamates (subject to hydrolysis) is 1. The topological polar surface area (TPSA) is 68.8 Å². The van der Waals surface area contributed by atoms with E-state index < -0.39 is 0 Å². The van der Waals surface area contributed by atoms with Gasteiger partial charge in [-0.2, -0.15) is 0 Å². The van der Waals surface area contributed by atoms with Crippen molar-refractivity contribution in [1.29, 1.82) is 0 Å². The molecule has 6 nitrogen and oxygen atoms in total. The molecule has 1 amide bonds. The van der Waals surface area contributed by atoms with E-state index in [4.69, 9.17) is 14.2 Å². The Balaban J connectivity index is 3.97. The van der Waals surface area contributed by atoms with Gasteiger partial charge in [-0.25, -0.2) is 4.79 Å². The summed E-state index contributed by atoms with van der Waals surface area (Å²) >= 11 is 0. The zero-order chi connectivity index (χ0) is 37.7. The minimum atomic E-state index is -0.385. The molecule has 0 atom stereocenters. The Bertz CT molecular complexity index is 698. The first kappa shape index (κ1) is 50.6. The summed E-state index contributed by atoms with van der Waals surface area (Å²) in [4.78, 5) is 12.4. The second kappa shape index (κ2) is 45.8. The molecule has 0 heterocycles. The van der Waals surface area contributed by atoms with E-state index in [-0.39, 0.29) is 12.2 Å². The zero-order valence-corrected chi connectivity index (χ0v) is 35.2. The number of nitrogens with one attached hydrogen (secondary N) is 2. The molecule has 0 fully saturated rings. The molecule has 0 saturated heterocycles. The molecule has 0 bridgehead atoms. The first-order valence-electron chi connectivity index (χ1n) is 22.8. The molecule has 0 unspecified atom stereocenters. The van der Waals surface area contributed by atoms with Crippen LogP contribution in [0.5, 0.6) is 0 Å². The molecule has 0 rings (SSSR count). The molecule has 0 aromatic carbocycles. The van der Waals surface area contributed by atoms with Crippen LogP contribution in [0, 0.1) is 0 Å². The Morgan fingerprint density at radius 1 is 0.442 bits per heavy atom. The lowest BCUT2D eigenvalue weighted by Crippen LogP contribution is -2.37. The zero-order valence-electron chi connectivity index (χ0n) is 35.2. The van der Waals surface area contributed by atoms with Crippen molar-refractivity contribution in [3.63, 3.8) is 0 Å². The van der Waals surface area contributed by atoms with Crippen molar-refractivity contribution in [2.45, 2.75) is 219 Å². The summed E-state index contributed by atoms with van der Waals surface area (Å²) in [5.74, 6) is 0. The van der Waals surface area contributed by atoms with E-state index in [1.807, 2.05) is 0 Å². The van der Waals surface area contributed by atoms with Gasteiger partial charge in [0.15, 0.2) is 6.10 Å². The van der Waals surface area contributed by atoms with Crippen LogP contribution < -0.4 is 10.6 Å². The minimum Gasteiger partial charge on any atom is -0.441 e. The second-order valence-electron chi connectivity index (χ2n) is 15.1. The number of hydrogen-bond acceptors (Lipinski definition) is 5. The normalized spacial score (nSPS) is 11.8. The molecule has 308 valence electrons. The summed E-state index contributed by atoms with van der Waals surface area (Å²) in [5.41, 5.74) is 0. The SMILES string of the molecule is CCCCCCCC/C=C\CCCCCCCCOCC(COCCCCCCCC/C=C\CCCCCCCC)OC(=O)NCCNCCCC. The van der Waals surface area contributed by atoms with Gasteiger partial charge in [0, 0.05) is 26.3 Å². The van der Waals surface area contributed by atoms with Crippen LogP contribution in [0.3, 0.4) is 0 Å². The summed E-state index contributed by atoms with van der Waals surface area (Å²) < 4.78 is 17.6. The first-order valence-corrected chi connectivity index (χ1v) is 22.8. The number of allylic oxidation sites excluding steroid dienone is 4. The number of carbonyl (C=O) groups is 1. The number of carbonyl (C=O) groups excluding carboxylic acids is 1. The van der Waals surface area contributed by atoms with E-state index in [9.17, 15) is 4.79 Å². The van der Waals surface area contributed by atoms with Crippen molar-refractivity contribution in [3.05, 3.63) is 24.3 Å². The van der Waals surface area contributed by atoms with E-state index in [1.54, 1.807) is 0 Å². The summed E-state index contributed by atoms with van der Waals surface area (Å²) in [6.45, 7) is 11.2. The maximum Gasteiger partial charge on any atom is 0.407 e. The first-order chi connectivity index (χ1) is 25.7. The summed E-state index contributed by atoms with van der Waals surface area (Å²) in [6.07, 6.45) is 47.5. The van der Waals surface area contributed by atoms with Crippen LogP contribution in [0.4, 0.5) is 4.79 Å². The molecule has 6 heteroatoms. The van der Waals surface area contributed by atoms with Crippen LogP contribution in [0.25, 0.3) is 0 Å². The van der Waals surface area contributed by atoms with Crippen molar-refractivity contribution < 1.29 is 19.0 Å². The largest absolute Gasteiger partial charge is 0.441 e. The van der Waals surface area contributed by atoms with Gasteiger partial charge in [-0.3, -0.25) is 0 Å². The van der Waals surface area contributed by atoms with Gasteiger partial charge in [0.05, 0.1) is 13.2 Å². The van der Waals surface area contributed by atoms with Crippen LogP contribution in [-0.4, -0.2) is 58.3 Å². The fourth-order valence-corrected chi connectivity index (χ4v) is 6.32. The molecule has 0 radical (unpaired) electrons. The lowest BCUT2D eigenvalue weighted by Gasteiger charge is -2.19. The van der Waals surface area contributed by atoms with Crippen LogP contribution in [0.2, 0.25) is 0 Å². The maximum atomic E-state index is 12.4. The van der Waals surface area contributed by atoms with Crippen molar-refractivity contribution in [1.82, 2.24) is 10.6 Å². The van der Waals surface area contributed by atoms with Crippen molar-refractivity contribution in [2.75, 3.05) is 46.1 Å². The van der Waals surface area contributed by atoms with Crippen LogP contribution in [-0.2, 0) is 14.2 Å². The summed E-state index contributed by atoms with van der Waals surface area (Å²) in [5, 5.41) is 6.21. The number of ether oxygens (including phenoxy) is 3. The van der Waals surface area contributed by atoms with E-state index in [2.05, 4.69) is 55.7 Å². The highest BCUT2D eigenvalue weighted by Crippen LogP contribution is 2.12. The predicted molar refractivity (Wildman–Crippen MR) is 227 cm³/mol. The molecule has 0 aliphatic rings. The molecule has 2 N–H and O–H groups in total. The van der Waals surface area contributed by atoms with Crippen LogP contribution in [0.15, 0.2) is 24.3 Å². The minimum absolute atomic E-state index is 0.378. The third-order valence-electron chi connectivity index (χ3n) is 9.76. The average molecular weight is 735 g/mol. The Labute approximate surface area is 324 Å². The number of unbranched alkanes of at least 4 members (excludes halogenated alkanes) is 25. The highest BCUT2D eigenvalue weighted by Gasteiger charge is 2.15. The fraction of sp³-hybridized carbons (Fsp3) is 0.891. The van der Waals surface area contributed by atoms with Gasteiger partial charge in [0.25, 0.3) is 0 Å². The Kier molecular flexibility index (Phi) is 44.6. The van der Waals surface area contributed by atoms with Gasteiger partial charge < -0.3 is 24.8 Å². The highest BCUT2D eigenvalue weighted by molar-refractivity contribution is 5.67. The fourth-order valence-electron chi connectivity index (χ4n) is 6.32. The van der Waals surface area contributed by atoms with Gasteiger partial charge in [0.2, 0.25) is 0 Å². The third kappa shape index (κ3) is 43.0. The summed E-state index contributed by atoms with van der Waals surface area (Å²) in [7, 11) is 0. The average Bonchev–Trinajstić information content (AvgIpc) is 3.15. The number of rotatable bonds is 43. The summed E-state index contributed by atoms with van der Waals surface area (Å²) in [6, 6.07) is 0. The second-order valence-corrected chi connectivity index (χ2v) is 15.1. The maximum absolute atomic E-state index is 12.4. The van der Waals surface area contributed by atoms with Gasteiger partial charge in [-0.15, -0.1) is 0 Å². The lowest BCUT2D eigenvalue weighted by molar-refractivity contribution is -0.0291. The van der Waals surface area contributed by atoms with Crippen LogP contribution >= 0.6 is 0 Å². The van der Waals surface area contributed by atoms with Crippen molar-refractivity contribution in [2.24, 2.45) is 0 Å². The van der Waals surface area contributed by atoms with E-state index in [0.29, 0.717) is 33.0 Å². The Morgan fingerprint density at radius 2 is 0.808 bits per heavy atom. The van der Waals surface area contributed by atoms with E-state index in [0.717, 1.165) is 32.4 Å². The molecular weight excluding hydrogens is 645 g/mol. The smallest absolute Gasteiger partial charge is 0.407 e. The Hall–Kier alpha value is -1.37. The Morgan fingerprint density at radius 3 is 1.21 bits per heavy atom. The standard InChI is InChI=1S/C46H90N2O4/c1-4-7-10-12-14-16-18-20-22-24-26-28-30-32-34-36-41-50-43-45(52-46(49)48-40-39-47-38-9-6-3)44-51-42-37-35-33-31-29-27-25-23-21-19-17-15-13-11-8-5-2/h20-23,45,47H,4-19,24-44H2,1-3H3,(H,48,49)/b22-20-,23-21-. The van der Waals surface area contributed by atoms with E-state index >= 15 is 0 Å². The lowest BCUT2D eigenvalue weighted by atomic mass is 10.1. The number of amides is 1. The monoisotopic (exact) mass is 735 g/mol. The van der Waals surface area contributed by atoms with Gasteiger partial charge in [0.1, 0.15) is 0 Å². The molecule has 0 aromatic rings. The van der Waals surface area contributed by atoms with Crippen LogP contribution in [0.1, 0.15) is 213 Å². The van der Waals surface area contributed by atoms with Crippen molar-refractivity contribution in [3.8, 4) is 0 Å². The third-order valence-corrected chi connectivity index (χ3v) is 9.76. The van der Waals surface area contributed by atoms with Gasteiger partial charge in [-0.05, 0) is 77.2 Å². The molecule has 0 spiro atoms. The molecule has 52 heavy (non-hydrogen) atoms. The van der Waals surface area contributed by atoms with Crippen molar-refractivity contribution >= 4 is 6.09 Å². The van der Waals surface area contributed by atoms with E-state index in [1.165, 1.54) is 173 Å². The molecule has 0 saturated carbocycles. The highest BCUT2D eigenvalue weighted by atomic mass is 16.6. The molecule has 0 aromatic heterocycles. The molecular formula is C46H90N2O4.